The number of benzene rings is 1. The Bertz CT molecular complexity index is 780. The van der Waals surface area contributed by atoms with E-state index in [0.717, 1.165) is 40.8 Å². The molecule has 1 N–H and O–H groups in total. The number of nitrogens with one attached hydrogen (secondary N) is 1. The van der Waals surface area contributed by atoms with E-state index >= 15 is 0 Å². The van der Waals surface area contributed by atoms with Crippen LogP contribution in [-0.2, 0) is 4.84 Å². The van der Waals surface area contributed by atoms with Gasteiger partial charge in [-0.15, -0.1) is 0 Å². The van der Waals surface area contributed by atoms with Crippen LogP contribution in [0, 0.1) is 23.7 Å². The molecule has 4 aliphatic carbocycles. The van der Waals surface area contributed by atoms with Gasteiger partial charge >= 0.3 is 0 Å². The number of hydrogen-bond acceptors (Lipinski definition) is 5. The topological polar surface area (TPSA) is 58.3 Å². The first-order chi connectivity index (χ1) is 13.2. The first kappa shape index (κ1) is 17.0. The third kappa shape index (κ3) is 3.28. The quantitative estimate of drug-likeness (QED) is 0.632. The largest absolute Gasteiger partial charge is 0.389 e. The van der Waals surface area contributed by atoms with E-state index in [2.05, 4.69) is 46.9 Å². The summed E-state index contributed by atoms with van der Waals surface area (Å²) in [5.41, 5.74) is 8.13. The highest BCUT2D eigenvalue weighted by Gasteiger charge is 2.48. The highest BCUT2D eigenvalue weighted by molar-refractivity contribution is 6.42. The highest BCUT2D eigenvalue weighted by atomic mass is 16.6. The highest BCUT2D eigenvalue weighted by Crippen LogP contribution is 2.54. The molecule has 0 aromatic heterocycles. The Labute approximate surface area is 161 Å². The van der Waals surface area contributed by atoms with Crippen molar-refractivity contribution in [1.29, 1.82) is 0 Å². The average molecular weight is 364 g/mol. The van der Waals surface area contributed by atoms with Crippen molar-refractivity contribution in [3.05, 3.63) is 29.8 Å². The van der Waals surface area contributed by atoms with E-state index in [4.69, 9.17) is 9.83 Å². The van der Waals surface area contributed by atoms with Gasteiger partial charge in [0.15, 0.2) is 6.61 Å². The molecule has 142 valence electrons. The SMILES string of the molecule is CC1=NOC/C1=N\Nc1ccc(C(C)=NC2C3CC4CC(C3)CC2C4)cc1. The summed E-state index contributed by atoms with van der Waals surface area (Å²) in [5, 5.41) is 8.26. The second kappa shape index (κ2) is 6.77. The first-order valence-electron chi connectivity index (χ1n) is 10.3. The second-order valence-electron chi connectivity index (χ2n) is 8.83. The number of anilines is 1. The summed E-state index contributed by atoms with van der Waals surface area (Å²) in [7, 11) is 0. The molecule has 6 rings (SSSR count). The Kier molecular flexibility index (Phi) is 4.25. The van der Waals surface area contributed by atoms with E-state index in [1.807, 2.05) is 6.92 Å². The van der Waals surface area contributed by atoms with Gasteiger partial charge in [0.2, 0.25) is 0 Å². The van der Waals surface area contributed by atoms with E-state index in [0.29, 0.717) is 12.6 Å². The van der Waals surface area contributed by atoms with Gasteiger partial charge < -0.3 is 4.84 Å². The van der Waals surface area contributed by atoms with Crippen molar-refractivity contribution in [3.8, 4) is 0 Å². The lowest BCUT2D eigenvalue weighted by molar-refractivity contribution is 0.00128. The number of nitrogens with zero attached hydrogens (tertiary/aromatic N) is 3. The molecule has 4 fully saturated rings. The molecule has 4 saturated carbocycles. The van der Waals surface area contributed by atoms with Crippen molar-refractivity contribution in [2.45, 2.75) is 52.0 Å². The summed E-state index contributed by atoms with van der Waals surface area (Å²) in [4.78, 5) is 10.3. The monoisotopic (exact) mass is 364 g/mol. The van der Waals surface area contributed by atoms with Crippen LogP contribution in [-0.4, -0.2) is 29.8 Å². The summed E-state index contributed by atoms with van der Waals surface area (Å²) in [5.74, 6) is 3.69. The van der Waals surface area contributed by atoms with Crippen LogP contribution in [0.3, 0.4) is 0 Å². The minimum absolute atomic E-state index is 0.439. The molecule has 0 unspecified atom stereocenters. The molecule has 5 nitrogen and oxygen atoms in total. The zero-order valence-corrected chi connectivity index (χ0v) is 16.2. The molecule has 5 aliphatic rings. The molecule has 0 atom stereocenters. The zero-order valence-electron chi connectivity index (χ0n) is 16.2. The molecule has 5 heteroatoms. The van der Waals surface area contributed by atoms with Crippen LogP contribution in [0.2, 0.25) is 0 Å². The molecule has 0 saturated heterocycles. The fourth-order valence-electron chi connectivity index (χ4n) is 5.78. The smallest absolute Gasteiger partial charge is 0.162 e. The lowest BCUT2D eigenvalue weighted by atomic mass is 9.54. The normalized spacial score (nSPS) is 36.1. The van der Waals surface area contributed by atoms with Crippen molar-refractivity contribution in [1.82, 2.24) is 0 Å². The van der Waals surface area contributed by atoms with Crippen molar-refractivity contribution in [3.63, 3.8) is 0 Å². The van der Waals surface area contributed by atoms with Crippen molar-refractivity contribution < 1.29 is 4.84 Å². The Morgan fingerprint density at radius 2 is 1.70 bits per heavy atom. The van der Waals surface area contributed by atoms with Gasteiger partial charge in [0.05, 0.1) is 11.7 Å². The molecule has 0 amide bonds. The van der Waals surface area contributed by atoms with E-state index in [-0.39, 0.29) is 0 Å². The molecule has 1 aliphatic heterocycles. The molecule has 1 aromatic carbocycles. The van der Waals surface area contributed by atoms with Crippen molar-refractivity contribution in [2.75, 3.05) is 12.0 Å². The molecule has 0 spiro atoms. The van der Waals surface area contributed by atoms with Gasteiger partial charge in [-0.25, -0.2) is 0 Å². The first-order valence-corrected chi connectivity index (χ1v) is 10.3. The third-order valence-corrected chi connectivity index (χ3v) is 6.96. The fraction of sp³-hybridized carbons (Fsp3) is 0.591. The van der Waals surface area contributed by atoms with Gasteiger partial charge in [-0.2, -0.15) is 5.10 Å². The van der Waals surface area contributed by atoms with Crippen LogP contribution in [0.15, 0.2) is 39.5 Å². The Morgan fingerprint density at radius 1 is 1.04 bits per heavy atom. The minimum atomic E-state index is 0.439. The maximum atomic E-state index is 5.23. The standard InChI is InChI=1S/C22H28N4O/c1-13(23-22-18-8-15-7-16(10-18)11-19(22)9-15)17-3-5-20(6-4-17)24-25-21-12-27-26-14(21)2/h3-6,15-16,18-19,22,24H,7-12H2,1-2H3/b23-13?,25-21+. The number of oxime groups is 1. The Morgan fingerprint density at radius 3 is 2.30 bits per heavy atom. The molecule has 27 heavy (non-hydrogen) atoms. The van der Waals surface area contributed by atoms with Crippen molar-refractivity contribution >= 4 is 22.8 Å². The molecule has 0 radical (unpaired) electrons. The van der Waals surface area contributed by atoms with Crippen LogP contribution < -0.4 is 5.43 Å². The molecule has 1 aromatic rings. The third-order valence-electron chi connectivity index (χ3n) is 6.96. The summed E-state index contributed by atoms with van der Waals surface area (Å²) in [6.07, 6.45) is 7.18. The summed E-state index contributed by atoms with van der Waals surface area (Å²) in [6.45, 7) is 4.51. The predicted molar refractivity (Wildman–Crippen MR) is 110 cm³/mol. The number of rotatable bonds is 4. The predicted octanol–water partition coefficient (Wildman–Crippen LogP) is 4.49. The van der Waals surface area contributed by atoms with Gasteiger partial charge in [-0.3, -0.25) is 10.4 Å². The maximum absolute atomic E-state index is 5.23. The van der Waals surface area contributed by atoms with Gasteiger partial charge in [0.1, 0.15) is 11.4 Å². The van der Waals surface area contributed by atoms with Gasteiger partial charge in [0.25, 0.3) is 0 Å². The van der Waals surface area contributed by atoms with Gasteiger partial charge in [0, 0.05) is 5.71 Å². The van der Waals surface area contributed by atoms with E-state index < -0.39 is 0 Å². The Hall–Kier alpha value is -2.17. The molecule has 1 heterocycles. The lowest BCUT2D eigenvalue weighted by Gasteiger charge is -2.53. The lowest BCUT2D eigenvalue weighted by Crippen LogP contribution is -2.47. The second-order valence-corrected chi connectivity index (χ2v) is 8.83. The van der Waals surface area contributed by atoms with Crippen LogP contribution in [0.5, 0.6) is 0 Å². The van der Waals surface area contributed by atoms with Crippen LogP contribution in [0.1, 0.15) is 51.5 Å². The summed E-state index contributed by atoms with van der Waals surface area (Å²) >= 11 is 0. The minimum Gasteiger partial charge on any atom is -0.389 e. The fourth-order valence-corrected chi connectivity index (χ4v) is 5.78. The van der Waals surface area contributed by atoms with E-state index in [1.165, 1.54) is 43.4 Å². The summed E-state index contributed by atoms with van der Waals surface area (Å²) in [6, 6.07) is 8.98. The number of hydrazone groups is 1. The van der Waals surface area contributed by atoms with Gasteiger partial charge in [-0.05, 0) is 87.3 Å². The van der Waals surface area contributed by atoms with Crippen molar-refractivity contribution in [2.24, 2.45) is 38.9 Å². The number of hydrogen-bond donors (Lipinski definition) is 1. The van der Waals surface area contributed by atoms with E-state index in [1.54, 1.807) is 0 Å². The molecular weight excluding hydrogens is 336 g/mol. The summed E-state index contributed by atoms with van der Waals surface area (Å²) < 4.78 is 0. The van der Waals surface area contributed by atoms with Gasteiger partial charge in [-0.1, -0.05) is 17.3 Å². The number of aliphatic imine (C=N–C) groups is 1. The molecule has 4 bridgehead atoms. The zero-order chi connectivity index (χ0) is 18.4. The maximum Gasteiger partial charge on any atom is 0.162 e. The van der Waals surface area contributed by atoms with E-state index in [9.17, 15) is 0 Å². The van der Waals surface area contributed by atoms with Crippen LogP contribution in [0.25, 0.3) is 0 Å². The Balaban J connectivity index is 1.27. The van der Waals surface area contributed by atoms with Crippen LogP contribution in [0.4, 0.5) is 5.69 Å². The average Bonchev–Trinajstić information content (AvgIpc) is 3.07. The molecular formula is C22H28N4O. The van der Waals surface area contributed by atoms with Crippen LogP contribution >= 0.6 is 0 Å².